The van der Waals surface area contributed by atoms with Gasteiger partial charge in [0.15, 0.2) is 11.0 Å². The molecule has 2 aliphatic rings. The van der Waals surface area contributed by atoms with Crippen LogP contribution in [-0.2, 0) is 11.8 Å². The number of carbonyl (C=O) groups is 1. The monoisotopic (exact) mass is 367 g/mol. The number of fused-ring (bicyclic) bond motifs is 1. The number of nitrogens with zero attached hydrogens (tertiary/aromatic N) is 5. The van der Waals surface area contributed by atoms with Crippen LogP contribution in [0.3, 0.4) is 0 Å². The van der Waals surface area contributed by atoms with Gasteiger partial charge in [0, 0.05) is 12.6 Å². The van der Waals surface area contributed by atoms with Crippen LogP contribution in [0.2, 0.25) is 0 Å². The van der Waals surface area contributed by atoms with Gasteiger partial charge < -0.3 is 4.57 Å². The molecule has 2 heterocycles. The summed E-state index contributed by atoms with van der Waals surface area (Å²) < 4.78 is 15.2. The van der Waals surface area contributed by atoms with E-state index in [1.807, 2.05) is 25.3 Å². The largest absolute Gasteiger partial charge is 0.305 e. The van der Waals surface area contributed by atoms with E-state index in [2.05, 4.69) is 20.2 Å². The number of thioether (sulfide) groups is 1. The maximum absolute atomic E-state index is 13.4. The average molecular weight is 367 g/mol. The summed E-state index contributed by atoms with van der Waals surface area (Å²) in [5.41, 5.74) is 1.36. The van der Waals surface area contributed by atoms with Gasteiger partial charge in [0.2, 0.25) is 0 Å². The van der Waals surface area contributed by atoms with Crippen molar-refractivity contribution in [3.63, 3.8) is 0 Å². The molecule has 4 rings (SSSR count). The number of benzene rings is 1. The zero-order chi connectivity index (χ0) is 18.1. The Morgan fingerprint density at radius 1 is 1.23 bits per heavy atom. The Morgan fingerprint density at radius 3 is 2.96 bits per heavy atom. The van der Waals surface area contributed by atoms with Crippen molar-refractivity contribution < 1.29 is 9.18 Å². The number of amides is 1. The lowest BCUT2D eigenvalue weighted by molar-refractivity contribution is -0.118. The topological polar surface area (TPSA) is 72.5 Å². The minimum absolute atomic E-state index is 0.204. The van der Waals surface area contributed by atoms with Gasteiger partial charge in [-0.15, -0.1) is 10.2 Å². The van der Waals surface area contributed by atoms with Crippen molar-refractivity contribution in [1.82, 2.24) is 14.8 Å². The predicted octanol–water partition coefficient (Wildman–Crippen LogP) is 2.84. The van der Waals surface area contributed by atoms with E-state index < -0.39 is 0 Å². The Hall–Kier alpha value is -2.87. The molecule has 1 aromatic carbocycles. The summed E-state index contributed by atoms with van der Waals surface area (Å²) in [5.74, 6) is 0.527. The van der Waals surface area contributed by atoms with E-state index in [1.54, 1.807) is 22.8 Å². The van der Waals surface area contributed by atoms with Crippen molar-refractivity contribution in [1.29, 1.82) is 0 Å². The lowest BCUT2D eigenvalue weighted by atomic mass is 9.97. The Labute approximate surface area is 153 Å². The summed E-state index contributed by atoms with van der Waals surface area (Å²) >= 11 is 1.38. The van der Waals surface area contributed by atoms with E-state index in [0.29, 0.717) is 33.8 Å². The summed E-state index contributed by atoms with van der Waals surface area (Å²) in [7, 11) is 1.81. The number of hydrogen-bond donors (Lipinski definition) is 0. The smallest absolute Gasteiger partial charge is 0.260 e. The molecule has 1 unspecified atom stereocenters. The zero-order valence-electron chi connectivity index (χ0n) is 13.8. The van der Waals surface area contributed by atoms with Gasteiger partial charge in [-0.05, 0) is 18.2 Å². The van der Waals surface area contributed by atoms with Gasteiger partial charge in [-0.3, -0.25) is 4.79 Å². The molecule has 0 bridgehead atoms. The molecule has 0 radical (unpaired) electrons. The van der Waals surface area contributed by atoms with Crippen molar-refractivity contribution >= 4 is 29.2 Å². The van der Waals surface area contributed by atoms with Crippen LogP contribution in [0, 0.1) is 11.7 Å². The first-order valence-electron chi connectivity index (χ1n) is 7.95. The molecule has 1 aliphatic carbocycles. The van der Waals surface area contributed by atoms with E-state index >= 15 is 0 Å². The lowest BCUT2D eigenvalue weighted by Gasteiger charge is -2.17. The van der Waals surface area contributed by atoms with Gasteiger partial charge in [-0.2, -0.15) is 4.99 Å². The summed E-state index contributed by atoms with van der Waals surface area (Å²) in [6.45, 7) is 0. The molecule has 1 aromatic heterocycles. The summed E-state index contributed by atoms with van der Waals surface area (Å²) in [4.78, 5) is 20.6. The molecule has 0 spiro atoms. The predicted molar refractivity (Wildman–Crippen MR) is 98.8 cm³/mol. The molecular weight excluding hydrogens is 353 g/mol. The number of hydrogen-bond acceptors (Lipinski definition) is 5. The number of allylic oxidation sites excluding steroid dienone is 3. The van der Waals surface area contributed by atoms with Gasteiger partial charge in [-0.1, -0.05) is 42.1 Å². The second kappa shape index (κ2) is 6.80. The molecule has 0 fully saturated rings. The quantitative estimate of drug-likeness (QED) is 0.779. The fourth-order valence-corrected chi connectivity index (χ4v) is 3.50. The van der Waals surface area contributed by atoms with Gasteiger partial charge in [0.1, 0.15) is 17.6 Å². The van der Waals surface area contributed by atoms with Crippen molar-refractivity contribution in [2.24, 2.45) is 23.0 Å². The molecule has 0 N–H and O–H groups in total. The highest BCUT2D eigenvalue weighted by Crippen LogP contribution is 2.24. The van der Waals surface area contributed by atoms with E-state index in [9.17, 15) is 9.18 Å². The Bertz CT molecular complexity index is 1000. The SMILES string of the molecule is Cn1c(SCC2=NC(=O)C3C=CC=CC3=N2)nnc1-c1cccc(F)c1. The average Bonchev–Trinajstić information content (AvgIpc) is 3.01. The lowest BCUT2D eigenvalue weighted by Crippen LogP contribution is -2.27. The summed E-state index contributed by atoms with van der Waals surface area (Å²) in [6, 6.07) is 6.21. The minimum atomic E-state index is -0.372. The second-order valence-electron chi connectivity index (χ2n) is 5.79. The van der Waals surface area contributed by atoms with Crippen LogP contribution in [0.15, 0.2) is 63.7 Å². The van der Waals surface area contributed by atoms with E-state index in [0.717, 1.165) is 0 Å². The molecule has 26 heavy (non-hydrogen) atoms. The van der Waals surface area contributed by atoms with Crippen LogP contribution in [0.5, 0.6) is 0 Å². The van der Waals surface area contributed by atoms with Crippen molar-refractivity contribution in [2.45, 2.75) is 5.16 Å². The van der Waals surface area contributed by atoms with Crippen LogP contribution in [0.4, 0.5) is 4.39 Å². The molecule has 1 aliphatic heterocycles. The van der Waals surface area contributed by atoms with Gasteiger partial charge >= 0.3 is 0 Å². The molecule has 0 saturated carbocycles. The summed E-state index contributed by atoms with van der Waals surface area (Å²) in [5, 5.41) is 8.92. The number of rotatable bonds is 4. The highest BCUT2D eigenvalue weighted by molar-refractivity contribution is 7.99. The maximum atomic E-state index is 13.4. The van der Waals surface area contributed by atoms with Gasteiger partial charge in [-0.25, -0.2) is 9.38 Å². The number of amidine groups is 1. The number of aromatic nitrogens is 3. The minimum Gasteiger partial charge on any atom is -0.305 e. The van der Waals surface area contributed by atoms with E-state index in [-0.39, 0.29) is 17.6 Å². The van der Waals surface area contributed by atoms with E-state index in [4.69, 9.17) is 0 Å². The van der Waals surface area contributed by atoms with Crippen LogP contribution >= 0.6 is 11.8 Å². The first-order valence-corrected chi connectivity index (χ1v) is 8.93. The Morgan fingerprint density at radius 2 is 2.12 bits per heavy atom. The van der Waals surface area contributed by atoms with E-state index in [1.165, 1.54) is 23.9 Å². The third-order valence-electron chi connectivity index (χ3n) is 4.01. The first kappa shape index (κ1) is 16.6. The third-order valence-corrected chi connectivity index (χ3v) is 5.03. The normalized spacial score (nSPS) is 18.5. The first-order chi connectivity index (χ1) is 12.6. The molecule has 1 atom stereocenters. The second-order valence-corrected chi connectivity index (χ2v) is 6.73. The van der Waals surface area contributed by atoms with Gasteiger partial charge in [0.05, 0.1) is 11.5 Å². The summed E-state index contributed by atoms with van der Waals surface area (Å²) in [6.07, 6.45) is 7.30. The number of aliphatic imine (C=N–C) groups is 2. The van der Waals surface area contributed by atoms with Crippen molar-refractivity contribution in [2.75, 3.05) is 5.75 Å². The fraction of sp³-hybridized carbons (Fsp3) is 0.167. The Kier molecular flexibility index (Phi) is 4.34. The van der Waals surface area contributed by atoms with Crippen LogP contribution in [-0.4, -0.2) is 38.0 Å². The maximum Gasteiger partial charge on any atom is 0.260 e. The standard InChI is InChI=1S/C18H14FN5OS/c1-24-16(11-5-4-6-12(19)9-11)22-23-18(24)26-10-15-20-14-8-3-2-7-13(14)17(25)21-15/h2-9,13H,10H2,1H3. The van der Waals surface area contributed by atoms with Crippen LogP contribution in [0.1, 0.15) is 0 Å². The molecular formula is C18H14FN5OS. The molecule has 2 aromatic rings. The third kappa shape index (κ3) is 3.15. The zero-order valence-corrected chi connectivity index (χ0v) is 14.7. The molecule has 0 saturated heterocycles. The number of carbonyl (C=O) groups excluding carboxylic acids is 1. The molecule has 1 amide bonds. The van der Waals surface area contributed by atoms with Crippen LogP contribution < -0.4 is 0 Å². The van der Waals surface area contributed by atoms with Crippen LogP contribution in [0.25, 0.3) is 11.4 Å². The highest BCUT2D eigenvalue weighted by atomic mass is 32.2. The van der Waals surface area contributed by atoms with Crippen molar-refractivity contribution in [3.05, 3.63) is 54.4 Å². The molecule has 6 nitrogen and oxygen atoms in total. The fourth-order valence-electron chi connectivity index (χ4n) is 2.73. The van der Waals surface area contributed by atoms with Gasteiger partial charge in [0.25, 0.3) is 5.91 Å². The Balaban J connectivity index is 1.51. The highest BCUT2D eigenvalue weighted by Gasteiger charge is 2.26. The molecule has 8 heteroatoms. The molecule has 130 valence electrons. The number of halogens is 1. The van der Waals surface area contributed by atoms with Crippen molar-refractivity contribution in [3.8, 4) is 11.4 Å².